The van der Waals surface area contributed by atoms with Gasteiger partial charge in [0.05, 0.1) is 6.61 Å². The summed E-state index contributed by atoms with van der Waals surface area (Å²) in [5, 5.41) is 2.99. The van der Waals surface area contributed by atoms with E-state index >= 15 is 0 Å². The van der Waals surface area contributed by atoms with Crippen molar-refractivity contribution < 1.29 is 9.53 Å². The number of hydrogen-bond donors (Lipinski definition) is 1. The summed E-state index contributed by atoms with van der Waals surface area (Å²) in [6.07, 6.45) is 3.77. The summed E-state index contributed by atoms with van der Waals surface area (Å²) in [5.74, 6) is 0.935. The van der Waals surface area contributed by atoms with Gasteiger partial charge in [0.25, 0.3) is 0 Å². The molecule has 0 radical (unpaired) electrons. The van der Waals surface area contributed by atoms with Crippen LogP contribution in [0.5, 0.6) is 5.75 Å². The van der Waals surface area contributed by atoms with E-state index in [1.165, 1.54) is 24.1 Å². The Bertz CT molecular complexity index is 706. The van der Waals surface area contributed by atoms with Crippen LogP contribution in [0.3, 0.4) is 0 Å². The topological polar surface area (TPSA) is 41.6 Å². The highest BCUT2D eigenvalue weighted by atomic mass is 16.5. The van der Waals surface area contributed by atoms with Crippen LogP contribution in [0.4, 0.5) is 5.69 Å². The molecular formula is C22H28N2O2. The van der Waals surface area contributed by atoms with Crippen LogP contribution in [0.15, 0.2) is 48.5 Å². The Kier molecular flexibility index (Phi) is 6.53. The molecule has 2 aromatic rings. The van der Waals surface area contributed by atoms with E-state index < -0.39 is 0 Å². The highest BCUT2D eigenvalue weighted by Gasteiger charge is 2.11. The maximum absolute atomic E-state index is 12.0. The zero-order chi connectivity index (χ0) is 18.2. The molecule has 0 spiro atoms. The van der Waals surface area contributed by atoms with E-state index in [4.69, 9.17) is 4.74 Å². The van der Waals surface area contributed by atoms with E-state index in [1.54, 1.807) is 0 Å². The van der Waals surface area contributed by atoms with Gasteiger partial charge in [-0.25, -0.2) is 0 Å². The molecule has 0 aliphatic carbocycles. The highest BCUT2D eigenvalue weighted by molar-refractivity contribution is 5.75. The number of hydrogen-bond acceptors (Lipinski definition) is 3. The summed E-state index contributed by atoms with van der Waals surface area (Å²) in [7, 11) is 0. The lowest BCUT2D eigenvalue weighted by Gasteiger charge is -2.17. The van der Waals surface area contributed by atoms with Gasteiger partial charge >= 0.3 is 0 Å². The van der Waals surface area contributed by atoms with E-state index in [9.17, 15) is 4.79 Å². The molecule has 1 fully saturated rings. The molecular weight excluding hydrogens is 324 g/mol. The van der Waals surface area contributed by atoms with Crippen LogP contribution in [-0.2, 0) is 11.3 Å². The van der Waals surface area contributed by atoms with E-state index in [0.717, 1.165) is 24.4 Å². The molecule has 1 N–H and O–H groups in total. The molecule has 4 heteroatoms. The summed E-state index contributed by atoms with van der Waals surface area (Å²) in [6.45, 7) is 5.48. The van der Waals surface area contributed by atoms with Crippen LogP contribution < -0.4 is 15.0 Å². The quantitative estimate of drug-likeness (QED) is 0.728. The lowest BCUT2D eigenvalue weighted by Crippen LogP contribution is -2.23. The standard InChI is InChI=1S/C22H28N2O2/c1-18-6-4-7-21(16-18)26-15-5-8-22(25)23-17-19-9-11-20(12-10-19)24-13-2-3-14-24/h4,6-7,9-12,16H,2-3,5,8,13-15,17H2,1H3,(H,23,25). The van der Waals surface area contributed by atoms with Crippen molar-refractivity contribution in [3.05, 3.63) is 59.7 Å². The van der Waals surface area contributed by atoms with Crippen LogP contribution in [0.25, 0.3) is 0 Å². The van der Waals surface area contributed by atoms with E-state index in [2.05, 4.69) is 34.5 Å². The second-order valence-electron chi connectivity index (χ2n) is 6.91. The smallest absolute Gasteiger partial charge is 0.220 e. The number of ether oxygens (including phenoxy) is 1. The fraction of sp³-hybridized carbons (Fsp3) is 0.409. The Balaban J connectivity index is 1.33. The zero-order valence-corrected chi connectivity index (χ0v) is 15.5. The molecule has 3 rings (SSSR count). The lowest BCUT2D eigenvalue weighted by molar-refractivity contribution is -0.121. The SMILES string of the molecule is Cc1cccc(OCCCC(=O)NCc2ccc(N3CCCC3)cc2)c1. The maximum Gasteiger partial charge on any atom is 0.220 e. The van der Waals surface area contributed by atoms with Gasteiger partial charge in [0.1, 0.15) is 5.75 Å². The molecule has 4 nitrogen and oxygen atoms in total. The summed E-state index contributed by atoms with van der Waals surface area (Å²) in [4.78, 5) is 14.4. The summed E-state index contributed by atoms with van der Waals surface area (Å²) in [5.41, 5.74) is 3.60. The summed E-state index contributed by atoms with van der Waals surface area (Å²) in [6, 6.07) is 16.5. The molecule has 1 aliphatic rings. The van der Waals surface area contributed by atoms with Crippen LogP contribution in [0.1, 0.15) is 36.8 Å². The van der Waals surface area contributed by atoms with Crippen molar-refractivity contribution in [1.29, 1.82) is 0 Å². The minimum absolute atomic E-state index is 0.0708. The average molecular weight is 352 g/mol. The molecule has 138 valence electrons. The van der Waals surface area contributed by atoms with Crippen molar-refractivity contribution in [2.45, 2.75) is 39.2 Å². The minimum Gasteiger partial charge on any atom is -0.494 e. The first-order valence-electron chi connectivity index (χ1n) is 9.51. The highest BCUT2D eigenvalue weighted by Crippen LogP contribution is 2.20. The van der Waals surface area contributed by atoms with Gasteiger partial charge in [-0.2, -0.15) is 0 Å². The van der Waals surface area contributed by atoms with Crippen LogP contribution in [-0.4, -0.2) is 25.6 Å². The monoisotopic (exact) mass is 352 g/mol. The van der Waals surface area contributed by atoms with Crippen molar-refractivity contribution in [2.24, 2.45) is 0 Å². The third-order valence-electron chi connectivity index (χ3n) is 4.70. The number of benzene rings is 2. The zero-order valence-electron chi connectivity index (χ0n) is 15.5. The average Bonchev–Trinajstić information content (AvgIpc) is 3.19. The maximum atomic E-state index is 12.0. The number of aryl methyl sites for hydroxylation is 1. The largest absolute Gasteiger partial charge is 0.494 e. The van der Waals surface area contributed by atoms with Gasteiger partial charge in [0.2, 0.25) is 5.91 Å². The van der Waals surface area contributed by atoms with Gasteiger partial charge in [-0.3, -0.25) is 4.79 Å². The van der Waals surface area contributed by atoms with Crippen molar-refractivity contribution in [2.75, 3.05) is 24.6 Å². The molecule has 1 heterocycles. The molecule has 1 amide bonds. The lowest BCUT2D eigenvalue weighted by atomic mass is 10.2. The third-order valence-corrected chi connectivity index (χ3v) is 4.70. The van der Waals surface area contributed by atoms with Crippen molar-refractivity contribution in [3.63, 3.8) is 0 Å². The Labute approximate surface area is 156 Å². The summed E-state index contributed by atoms with van der Waals surface area (Å²) >= 11 is 0. The van der Waals surface area contributed by atoms with E-state index in [-0.39, 0.29) is 5.91 Å². The van der Waals surface area contributed by atoms with Crippen molar-refractivity contribution >= 4 is 11.6 Å². The number of amides is 1. The third kappa shape index (κ3) is 5.51. The van der Waals surface area contributed by atoms with Gasteiger partial charge in [-0.05, 0) is 61.6 Å². The van der Waals surface area contributed by atoms with Gasteiger partial charge in [0.15, 0.2) is 0 Å². The second kappa shape index (κ2) is 9.27. The Morgan fingerprint density at radius 1 is 1.12 bits per heavy atom. The van der Waals surface area contributed by atoms with Crippen LogP contribution in [0.2, 0.25) is 0 Å². The fourth-order valence-electron chi connectivity index (χ4n) is 3.22. The number of carbonyl (C=O) groups is 1. The predicted molar refractivity (Wildman–Crippen MR) is 106 cm³/mol. The molecule has 26 heavy (non-hydrogen) atoms. The summed E-state index contributed by atoms with van der Waals surface area (Å²) < 4.78 is 5.68. The Morgan fingerprint density at radius 3 is 2.62 bits per heavy atom. The number of nitrogens with one attached hydrogen (secondary N) is 1. The molecule has 0 unspecified atom stereocenters. The number of anilines is 1. The minimum atomic E-state index is 0.0708. The van der Waals surface area contributed by atoms with Crippen LogP contribution >= 0.6 is 0 Å². The second-order valence-corrected chi connectivity index (χ2v) is 6.91. The van der Waals surface area contributed by atoms with E-state index in [0.29, 0.717) is 26.0 Å². The molecule has 0 bridgehead atoms. The fourth-order valence-corrected chi connectivity index (χ4v) is 3.22. The predicted octanol–water partition coefficient (Wildman–Crippen LogP) is 4.07. The normalized spacial score (nSPS) is 13.7. The number of rotatable bonds is 8. The first-order chi connectivity index (χ1) is 12.7. The van der Waals surface area contributed by atoms with Crippen molar-refractivity contribution in [1.82, 2.24) is 5.32 Å². The molecule has 0 atom stereocenters. The van der Waals surface area contributed by atoms with Crippen molar-refractivity contribution in [3.8, 4) is 5.75 Å². The number of carbonyl (C=O) groups excluding carboxylic acids is 1. The van der Waals surface area contributed by atoms with E-state index in [1.807, 2.05) is 31.2 Å². The first kappa shape index (κ1) is 18.3. The first-order valence-corrected chi connectivity index (χ1v) is 9.51. The van der Waals surface area contributed by atoms with Gasteiger partial charge < -0.3 is 15.0 Å². The number of nitrogens with zero attached hydrogens (tertiary/aromatic N) is 1. The molecule has 2 aromatic carbocycles. The van der Waals surface area contributed by atoms with Crippen LogP contribution in [0, 0.1) is 6.92 Å². The molecule has 0 saturated carbocycles. The Morgan fingerprint density at radius 2 is 1.88 bits per heavy atom. The van der Waals surface area contributed by atoms with Gasteiger partial charge in [-0.1, -0.05) is 24.3 Å². The van der Waals surface area contributed by atoms with Gasteiger partial charge in [-0.15, -0.1) is 0 Å². The molecule has 1 aliphatic heterocycles. The van der Waals surface area contributed by atoms with Gasteiger partial charge in [0, 0.05) is 31.7 Å². The molecule has 0 aromatic heterocycles. The Hall–Kier alpha value is -2.49. The molecule has 1 saturated heterocycles.